The molecule has 0 saturated carbocycles. The normalized spacial score (nSPS) is 19.6. The number of nitrogens with one attached hydrogen (secondary N) is 1. The second kappa shape index (κ2) is 9.51. The van der Waals surface area contributed by atoms with Crippen molar-refractivity contribution in [3.63, 3.8) is 0 Å². The van der Waals surface area contributed by atoms with E-state index in [-0.39, 0.29) is 11.8 Å². The van der Waals surface area contributed by atoms with Crippen molar-refractivity contribution in [3.05, 3.63) is 39.3 Å². The molecule has 10 heteroatoms. The number of ether oxygens (including phenoxy) is 1. The highest BCUT2D eigenvalue weighted by Crippen LogP contribution is 2.33. The van der Waals surface area contributed by atoms with Gasteiger partial charge in [-0.05, 0) is 31.4 Å². The van der Waals surface area contributed by atoms with E-state index in [1.807, 2.05) is 0 Å². The van der Waals surface area contributed by atoms with Crippen LogP contribution in [0.4, 0.5) is 10.8 Å². The monoisotopic (exact) mass is 468 g/mol. The van der Waals surface area contributed by atoms with Gasteiger partial charge in [-0.15, -0.1) is 11.3 Å². The molecule has 2 aromatic rings. The molecule has 2 aliphatic heterocycles. The summed E-state index contributed by atoms with van der Waals surface area (Å²) in [6.45, 7) is 2.78. The van der Waals surface area contributed by atoms with E-state index >= 15 is 0 Å². The number of carbonyl (C=O) groups excluding carboxylic acids is 2. The van der Waals surface area contributed by atoms with Crippen molar-refractivity contribution in [2.24, 2.45) is 0 Å². The SMILES string of the molecule is O=C(C1CCCCN1C(=O)c1csc(Nc2cccc(Cl)c2Cl)n1)N1CCOCC1. The van der Waals surface area contributed by atoms with Crippen molar-refractivity contribution in [1.29, 1.82) is 0 Å². The first kappa shape index (κ1) is 21.4. The molecule has 0 bridgehead atoms. The standard InChI is InChI=1S/C20H22Cl2N4O3S/c21-13-4-3-5-14(17(13)22)23-20-24-15(12-30-20)18(27)26-7-2-1-6-16(26)19(28)25-8-10-29-11-9-25/h3-5,12,16H,1-2,6-11H2,(H,23,24). The zero-order chi connectivity index (χ0) is 21.1. The molecule has 0 aliphatic carbocycles. The molecule has 0 radical (unpaired) electrons. The van der Waals surface area contributed by atoms with Gasteiger partial charge < -0.3 is 19.9 Å². The predicted octanol–water partition coefficient (Wildman–Crippen LogP) is 4.05. The predicted molar refractivity (Wildman–Crippen MR) is 118 cm³/mol. The number of nitrogens with zero attached hydrogens (tertiary/aromatic N) is 3. The smallest absolute Gasteiger partial charge is 0.274 e. The Bertz CT molecular complexity index is 933. The molecule has 1 atom stereocenters. The summed E-state index contributed by atoms with van der Waals surface area (Å²) in [5.41, 5.74) is 0.943. The van der Waals surface area contributed by atoms with Crippen molar-refractivity contribution in [2.75, 3.05) is 38.2 Å². The largest absolute Gasteiger partial charge is 0.378 e. The number of benzene rings is 1. The third-order valence-electron chi connectivity index (χ3n) is 5.29. The number of hydrogen-bond donors (Lipinski definition) is 1. The highest BCUT2D eigenvalue weighted by molar-refractivity contribution is 7.14. The minimum absolute atomic E-state index is 0.00522. The van der Waals surface area contributed by atoms with E-state index in [0.717, 1.165) is 12.8 Å². The lowest BCUT2D eigenvalue weighted by Crippen LogP contribution is -2.55. The third-order valence-corrected chi connectivity index (χ3v) is 6.86. The van der Waals surface area contributed by atoms with E-state index in [2.05, 4.69) is 10.3 Å². The van der Waals surface area contributed by atoms with E-state index in [9.17, 15) is 9.59 Å². The van der Waals surface area contributed by atoms with Gasteiger partial charge in [0.15, 0.2) is 5.13 Å². The molecule has 1 N–H and O–H groups in total. The maximum absolute atomic E-state index is 13.2. The Morgan fingerprint density at radius 3 is 2.77 bits per heavy atom. The van der Waals surface area contributed by atoms with Gasteiger partial charge in [0.1, 0.15) is 11.7 Å². The van der Waals surface area contributed by atoms with Gasteiger partial charge in [-0.25, -0.2) is 4.98 Å². The zero-order valence-electron chi connectivity index (χ0n) is 16.3. The topological polar surface area (TPSA) is 74.8 Å². The Kier molecular flexibility index (Phi) is 6.77. The van der Waals surface area contributed by atoms with Crippen LogP contribution in [0.1, 0.15) is 29.8 Å². The lowest BCUT2D eigenvalue weighted by atomic mass is 10.00. The average Bonchev–Trinajstić information content (AvgIpc) is 3.25. The summed E-state index contributed by atoms with van der Waals surface area (Å²) < 4.78 is 5.34. The fourth-order valence-electron chi connectivity index (χ4n) is 3.72. The van der Waals surface area contributed by atoms with E-state index in [1.165, 1.54) is 11.3 Å². The van der Waals surface area contributed by atoms with Gasteiger partial charge in [-0.2, -0.15) is 0 Å². The number of likely N-dealkylation sites (tertiary alicyclic amines) is 1. The molecule has 2 saturated heterocycles. The molecule has 4 rings (SSSR count). The number of rotatable bonds is 4. The van der Waals surface area contributed by atoms with Crippen molar-refractivity contribution in [2.45, 2.75) is 25.3 Å². The van der Waals surface area contributed by atoms with Gasteiger partial charge in [0.25, 0.3) is 5.91 Å². The Labute approximate surface area is 188 Å². The van der Waals surface area contributed by atoms with Gasteiger partial charge in [0.05, 0.1) is 28.9 Å². The van der Waals surface area contributed by atoms with Gasteiger partial charge in [-0.3, -0.25) is 9.59 Å². The molecule has 1 aromatic carbocycles. The lowest BCUT2D eigenvalue weighted by Gasteiger charge is -2.38. The summed E-state index contributed by atoms with van der Waals surface area (Å²) in [5, 5.41) is 6.18. The molecule has 30 heavy (non-hydrogen) atoms. The van der Waals surface area contributed by atoms with E-state index in [0.29, 0.717) is 65.8 Å². The van der Waals surface area contributed by atoms with Crippen LogP contribution in [-0.4, -0.2) is 65.5 Å². The van der Waals surface area contributed by atoms with Crippen LogP contribution in [-0.2, 0) is 9.53 Å². The Balaban J connectivity index is 1.48. The van der Waals surface area contributed by atoms with Gasteiger partial charge in [0, 0.05) is 25.0 Å². The highest BCUT2D eigenvalue weighted by Gasteiger charge is 2.36. The van der Waals surface area contributed by atoms with Crippen molar-refractivity contribution in [3.8, 4) is 0 Å². The first-order chi connectivity index (χ1) is 14.5. The fourth-order valence-corrected chi connectivity index (χ4v) is 4.76. The molecule has 160 valence electrons. The molecular formula is C20H22Cl2N4O3S. The molecule has 2 amide bonds. The summed E-state index contributed by atoms with van der Waals surface area (Å²) in [6, 6.07) is 4.84. The summed E-state index contributed by atoms with van der Waals surface area (Å²) >= 11 is 13.6. The number of amides is 2. The number of anilines is 2. The van der Waals surface area contributed by atoms with E-state index in [1.54, 1.807) is 33.4 Å². The second-order valence-corrected chi connectivity index (χ2v) is 8.86. The number of piperidine rings is 1. The first-order valence-corrected chi connectivity index (χ1v) is 11.5. The average molecular weight is 469 g/mol. The molecule has 2 fully saturated rings. The Hall–Kier alpha value is -1.87. The van der Waals surface area contributed by atoms with Gasteiger partial charge in [0.2, 0.25) is 5.91 Å². The van der Waals surface area contributed by atoms with Crippen LogP contribution in [0.3, 0.4) is 0 Å². The van der Waals surface area contributed by atoms with Crippen molar-refractivity contribution < 1.29 is 14.3 Å². The molecule has 1 aromatic heterocycles. The van der Waals surface area contributed by atoms with Gasteiger partial charge in [-0.1, -0.05) is 29.3 Å². The van der Waals surface area contributed by atoms with Crippen LogP contribution in [0.2, 0.25) is 10.0 Å². The van der Waals surface area contributed by atoms with E-state index in [4.69, 9.17) is 27.9 Å². The summed E-state index contributed by atoms with van der Waals surface area (Å²) in [7, 11) is 0. The number of hydrogen-bond acceptors (Lipinski definition) is 6. The maximum Gasteiger partial charge on any atom is 0.274 e. The molecule has 7 nitrogen and oxygen atoms in total. The lowest BCUT2D eigenvalue weighted by molar-refractivity contribution is -0.141. The number of morpholine rings is 1. The number of halogens is 2. The molecular weight excluding hydrogens is 447 g/mol. The molecule has 0 spiro atoms. The maximum atomic E-state index is 13.2. The molecule has 2 aliphatic rings. The Morgan fingerprint density at radius 1 is 1.17 bits per heavy atom. The highest BCUT2D eigenvalue weighted by atomic mass is 35.5. The number of carbonyl (C=O) groups is 2. The molecule has 1 unspecified atom stereocenters. The van der Waals surface area contributed by atoms with Crippen LogP contribution in [0.15, 0.2) is 23.6 Å². The van der Waals surface area contributed by atoms with Crippen LogP contribution >= 0.6 is 34.5 Å². The van der Waals surface area contributed by atoms with Crippen molar-refractivity contribution >= 4 is 57.2 Å². The minimum Gasteiger partial charge on any atom is -0.378 e. The first-order valence-electron chi connectivity index (χ1n) is 9.88. The van der Waals surface area contributed by atoms with E-state index < -0.39 is 6.04 Å². The zero-order valence-corrected chi connectivity index (χ0v) is 18.6. The second-order valence-electron chi connectivity index (χ2n) is 7.21. The minimum atomic E-state index is -0.440. The van der Waals surface area contributed by atoms with Crippen molar-refractivity contribution in [1.82, 2.24) is 14.8 Å². The van der Waals surface area contributed by atoms with Crippen LogP contribution in [0, 0.1) is 0 Å². The summed E-state index contributed by atoms with van der Waals surface area (Å²) in [4.78, 5) is 34.1. The van der Waals surface area contributed by atoms with Crippen LogP contribution < -0.4 is 5.32 Å². The quantitative estimate of drug-likeness (QED) is 0.732. The van der Waals surface area contributed by atoms with Gasteiger partial charge >= 0.3 is 0 Å². The Morgan fingerprint density at radius 2 is 1.97 bits per heavy atom. The summed E-state index contributed by atoms with van der Waals surface area (Å²) in [6.07, 6.45) is 2.49. The number of thiazole rings is 1. The third kappa shape index (κ3) is 4.56. The van der Waals surface area contributed by atoms with Crippen LogP contribution in [0.5, 0.6) is 0 Å². The number of aromatic nitrogens is 1. The summed E-state index contributed by atoms with van der Waals surface area (Å²) in [5.74, 6) is -0.214. The molecule has 3 heterocycles. The van der Waals surface area contributed by atoms with Crippen LogP contribution in [0.25, 0.3) is 0 Å². The fraction of sp³-hybridized carbons (Fsp3) is 0.450.